The number of benzene rings is 1. The third-order valence-electron chi connectivity index (χ3n) is 5.90. The number of fused-ring (bicyclic) bond motifs is 2. The van der Waals surface area contributed by atoms with Crippen LogP contribution in [-0.2, 0) is 4.79 Å². The lowest BCUT2D eigenvalue weighted by molar-refractivity contribution is -0.904. The zero-order chi connectivity index (χ0) is 23.3. The summed E-state index contributed by atoms with van der Waals surface area (Å²) in [6.07, 6.45) is -1.58. The molecule has 33 heavy (non-hydrogen) atoms. The smallest absolute Gasteiger partial charge is 0.395 e. The highest BCUT2D eigenvalue weighted by atomic mass is 32.1. The maximum absolute atomic E-state index is 14.6. The van der Waals surface area contributed by atoms with Crippen LogP contribution in [0.5, 0.6) is 11.5 Å². The first-order chi connectivity index (χ1) is 15.7. The third kappa shape index (κ3) is 4.27. The first-order valence-electron chi connectivity index (χ1n) is 10.3. The summed E-state index contributed by atoms with van der Waals surface area (Å²) in [5.41, 5.74) is 1.14. The lowest BCUT2D eigenvalue weighted by atomic mass is 9.89. The highest BCUT2D eigenvalue weighted by Gasteiger charge is 2.44. The molecule has 2 aliphatic heterocycles. The van der Waals surface area contributed by atoms with Crippen LogP contribution >= 0.6 is 11.3 Å². The van der Waals surface area contributed by atoms with Crippen LogP contribution in [0.4, 0.5) is 18.3 Å². The van der Waals surface area contributed by atoms with Crippen LogP contribution in [0, 0.1) is 0 Å². The summed E-state index contributed by atoms with van der Waals surface area (Å²) >= 11 is 1.13. The summed E-state index contributed by atoms with van der Waals surface area (Å²) in [6.45, 7) is 2.51. The predicted molar refractivity (Wildman–Crippen MR) is 112 cm³/mol. The van der Waals surface area contributed by atoms with E-state index in [1.54, 1.807) is 19.1 Å². The molecule has 0 aliphatic carbocycles. The van der Waals surface area contributed by atoms with Crippen LogP contribution in [0.2, 0.25) is 0 Å². The Bertz CT molecular complexity index is 1160. The zero-order valence-electron chi connectivity index (χ0n) is 17.4. The molecule has 0 spiro atoms. The molecule has 1 aromatic carbocycles. The molecule has 2 N–H and O–H groups in total. The Morgan fingerprint density at radius 3 is 2.76 bits per heavy atom. The van der Waals surface area contributed by atoms with Crippen molar-refractivity contribution in [3.8, 4) is 11.5 Å². The number of alkyl halides is 3. The number of amides is 1. The van der Waals surface area contributed by atoms with E-state index in [2.05, 4.69) is 19.8 Å². The van der Waals surface area contributed by atoms with Gasteiger partial charge in [-0.1, -0.05) is 11.3 Å². The molecule has 12 heteroatoms. The number of thiazole rings is 1. The maximum Gasteiger partial charge on any atom is 0.586 e. The van der Waals surface area contributed by atoms with Gasteiger partial charge in [-0.3, -0.25) is 14.9 Å². The molecule has 1 fully saturated rings. The highest BCUT2D eigenvalue weighted by molar-refractivity contribution is 7.22. The second-order valence-corrected chi connectivity index (χ2v) is 9.07. The van der Waals surface area contributed by atoms with Gasteiger partial charge in [0.05, 0.1) is 16.3 Å². The number of halogens is 3. The molecule has 4 heterocycles. The maximum atomic E-state index is 14.6. The van der Waals surface area contributed by atoms with Crippen LogP contribution in [0.1, 0.15) is 24.8 Å². The molecule has 1 saturated heterocycles. The highest BCUT2D eigenvalue weighted by Crippen LogP contribution is 2.44. The van der Waals surface area contributed by atoms with Gasteiger partial charge in [0.2, 0.25) is 18.3 Å². The molecule has 174 valence electrons. The second-order valence-electron chi connectivity index (χ2n) is 8.04. The fourth-order valence-corrected chi connectivity index (χ4v) is 4.97. The number of nitrogens with zero attached hydrogens (tertiary/aromatic N) is 3. The van der Waals surface area contributed by atoms with Gasteiger partial charge in [-0.2, -0.15) is 0 Å². The van der Waals surface area contributed by atoms with Gasteiger partial charge in [-0.15, -0.1) is 8.78 Å². The Morgan fingerprint density at radius 1 is 1.33 bits per heavy atom. The molecule has 3 atom stereocenters. The van der Waals surface area contributed by atoms with E-state index >= 15 is 0 Å². The predicted octanol–water partition coefficient (Wildman–Crippen LogP) is 3.30. The number of hydrogen-bond donors (Lipinski definition) is 2. The van der Waals surface area contributed by atoms with Crippen LogP contribution in [0.15, 0.2) is 36.7 Å². The second kappa shape index (κ2) is 8.03. The number of pyridine rings is 1. The molecule has 2 aliphatic rings. The minimum Gasteiger partial charge on any atom is -0.395 e. The lowest BCUT2D eigenvalue weighted by Crippen LogP contribution is -2.49. The van der Waals surface area contributed by atoms with Gasteiger partial charge < -0.3 is 14.8 Å². The van der Waals surface area contributed by atoms with Crippen molar-refractivity contribution in [1.29, 1.82) is 0 Å². The topological polar surface area (TPSA) is 87.8 Å². The Kier molecular flexibility index (Phi) is 5.28. The van der Waals surface area contributed by atoms with Gasteiger partial charge in [-0.25, -0.2) is 9.37 Å². The molecule has 1 amide bonds. The van der Waals surface area contributed by atoms with Crippen LogP contribution in [0.3, 0.4) is 0 Å². The molecule has 3 aromatic rings. The van der Waals surface area contributed by atoms with Crippen LogP contribution < -0.4 is 19.5 Å². The van der Waals surface area contributed by atoms with Crippen molar-refractivity contribution < 1.29 is 37.4 Å². The standard InChI is InChI=1S/C21H19F3N4O4S/c1-11(27-5-4-14(22)13(10-27)12-2-6-28(30)7-3-12)19(29)26-20-25-15-8-16-17(9-18(15)33-20)32-21(23,24)31-16/h2-3,6-9,11,13-14H,4-5,10H2,1H3,(H-,25,26,29,30)/p+1/t11-,13-,14+/m0/s1. The molecule has 5 rings (SSSR count). The molecule has 0 radical (unpaired) electrons. The van der Waals surface area contributed by atoms with Gasteiger partial charge in [0, 0.05) is 48.0 Å². The summed E-state index contributed by atoms with van der Waals surface area (Å²) in [5.74, 6) is -0.928. The fraction of sp³-hybridized carbons (Fsp3) is 0.381. The molecular formula is C21H20F3N4O4S+. The SMILES string of the molecule is C[C@@H](C(=O)Nc1nc2cc3c(cc2s1)OC(F)(F)O3)N1CC[C@@H](F)[C@H](c2cc[n+](O)cc2)C1. The Balaban J connectivity index is 1.28. The van der Waals surface area contributed by atoms with Crippen LogP contribution in [0.25, 0.3) is 10.2 Å². The minimum absolute atomic E-state index is 0.0878. The van der Waals surface area contributed by atoms with E-state index in [4.69, 9.17) is 0 Å². The molecule has 0 saturated carbocycles. The summed E-state index contributed by atoms with van der Waals surface area (Å²) in [4.78, 5) is 19.1. The van der Waals surface area contributed by atoms with Crippen molar-refractivity contribution in [3.05, 3.63) is 42.2 Å². The monoisotopic (exact) mass is 481 g/mol. The number of ether oxygens (including phenoxy) is 2. The number of nitrogens with one attached hydrogen (secondary N) is 1. The molecule has 2 aromatic heterocycles. The van der Waals surface area contributed by atoms with Gasteiger partial charge in [-0.05, 0) is 18.9 Å². The minimum atomic E-state index is -3.71. The van der Waals surface area contributed by atoms with Gasteiger partial charge >= 0.3 is 6.29 Å². The Hall–Kier alpha value is -3.12. The molecule has 0 bridgehead atoms. The van der Waals surface area contributed by atoms with Crippen molar-refractivity contribution >= 4 is 32.6 Å². The summed E-state index contributed by atoms with van der Waals surface area (Å²) in [7, 11) is 0. The number of carbonyl (C=O) groups is 1. The Labute approximate surface area is 190 Å². The average molecular weight is 481 g/mol. The molecule has 0 unspecified atom stereocenters. The number of hydrogen-bond acceptors (Lipinski definition) is 7. The van der Waals surface area contributed by atoms with E-state index in [1.807, 2.05) is 4.90 Å². The number of likely N-dealkylation sites (tertiary alicyclic amines) is 1. The quantitative estimate of drug-likeness (QED) is 0.439. The van der Waals surface area contributed by atoms with E-state index in [-0.39, 0.29) is 23.8 Å². The van der Waals surface area contributed by atoms with Gasteiger partial charge in [0.15, 0.2) is 16.6 Å². The van der Waals surface area contributed by atoms with Gasteiger partial charge in [0.1, 0.15) is 6.17 Å². The fourth-order valence-electron chi connectivity index (χ4n) is 4.09. The normalized spacial score (nSPS) is 22.9. The zero-order valence-corrected chi connectivity index (χ0v) is 18.2. The number of piperidine rings is 1. The summed E-state index contributed by atoms with van der Waals surface area (Å²) in [6, 6.07) is 5.51. The summed E-state index contributed by atoms with van der Waals surface area (Å²) in [5, 5.41) is 12.5. The number of aromatic nitrogens is 2. The van der Waals surface area contributed by atoms with Crippen molar-refractivity contribution in [1.82, 2.24) is 9.88 Å². The Morgan fingerprint density at radius 2 is 2.03 bits per heavy atom. The van der Waals surface area contributed by atoms with E-state index in [9.17, 15) is 23.2 Å². The molecule has 8 nitrogen and oxygen atoms in total. The van der Waals surface area contributed by atoms with Crippen molar-refractivity contribution in [2.75, 3.05) is 18.4 Å². The lowest BCUT2D eigenvalue weighted by Gasteiger charge is -2.37. The van der Waals surface area contributed by atoms with E-state index in [1.165, 1.54) is 24.5 Å². The first kappa shape index (κ1) is 21.7. The first-order valence-corrected chi connectivity index (χ1v) is 11.1. The van der Waals surface area contributed by atoms with E-state index < -0.39 is 24.4 Å². The van der Waals surface area contributed by atoms with Crippen LogP contribution in [-0.4, -0.2) is 52.6 Å². The number of rotatable bonds is 4. The van der Waals surface area contributed by atoms with Gasteiger partial charge in [0.25, 0.3) is 0 Å². The molecular weight excluding hydrogens is 461 g/mol. The van der Waals surface area contributed by atoms with Crippen molar-refractivity contribution in [2.24, 2.45) is 0 Å². The number of carbonyl (C=O) groups excluding carboxylic acids is 1. The summed E-state index contributed by atoms with van der Waals surface area (Å²) < 4.78 is 51.4. The van der Waals surface area contributed by atoms with E-state index in [0.717, 1.165) is 21.6 Å². The largest absolute Gasteiger partial charge is 0.586 e. The average Bonchev–Trinajstić information content (AvgIpc) is 3.28. The third-order valence-corrected chi connectivity index (χ3v) is 6.83. The van der Waals surface area contributed by atoms with E-state index in [0.29, 0.717) is 28.4 Å². The number of anilines is 1. The van der Waals surface area contributed by atoms with Crippen molar-refractivity contribution in [2.45, 2.75) is 37.8 Å². The van der Waals surface area contributed by atoms with Crippen molar-refractivity contribution in [3.63, 3.8) is 0 Å².